The lowest BCUT2D eigenvalue weighted by Crippen LogP contribution is -2.14. The smallest absolute Gasteiger partial charge is 0.322 e. The molecule has 66 valence electrons. The van der Waals surface area contributed by atoms with Crippen LogP contribution in [0, 0.1) is 5.41 Å². The maximum Gasteiger partial charge on any atom is 0.322 e. The Morgan fingerprint density at radius 1 is 1.36 bits per heavy atom. The van der Waals surface area contributed by atoms with Crippen molar-refractivity contribution < 1.29 is 17.4 Å². The minimum Gasteiger partial charge on any atom is -0.348 e. The Kier molecular flexibility index (Phi) is 3.51. The third-order valence-electron chi connectivity index (χ3n) is 0.851. The number of hydrogen-bond donors (Lipinski definition) is 1. The largest absolute Gasteiger partial charge is 0.348 e. The molecule has 0 saturated carbocycles. The Bertz CT molecular complexity index is 203. The second kappa shape index (κ2) is 3.71. The van der Waals surface area contributed by atoms with Crippen LogP contribution in [0.3, 0.4) is 0 Å². The van der Waals surface area contributed by atoms with Gasteiger partial charge in [0.15, 0.2) is 0 Å². The standard InChI is InChI=1S/C6H12O4S/c1-6(2,3)4-5(7)10-11(8)9/h11H,4H2,1-3H3. The van der Waals surface area contributed by atoms with Crippen LogP contribution < -0.4 is 0 Å². The zero-order chi connectivity index (χ0) is 9.07. The molecule has 0 aromatic heterocycles. The molecule has 4 nitrogen and oxygen atoms in total. The Labute approximate surface area is 67.7 Å². The molecule has 0 bridgehead atoms. The molecule has 0 aliphatic carbocycles. The lowest BCUT2D eigenvalue weighted by molar-refractivity contribution is -0.135. The Hall–Kier alpha value is -0.580. The molecule has 5 heteroatoms. The predicted molar refractivity (Wildman–Crippen MR) is 40.5 cm³/mol. The van der Waals surface area contributed by atoms with Crippen LogP contribution in [0.5, 0.6) is 0 Å². The van der Waals surface area contributed by atoms with Gasteiger partial charge >= 0.3 is 17.0 Å². The average Bonchev–Trinajstić information content (AvgIpc) is 1.53. The van der Waals surface area contributed by atoms with Gasteiger partial charge in [0.05, 0.1) is 6.42 Å². The number of carbonyl (C=O) groups excluding carboxylic acids is 1. The van der Waals surface area contributed by atoms with Gasteiger partial charge in [0.2, 0.25) is 0 Å². The molecule has 0 aliphatic heterocycles. The first-order valence-corrected chi connectivity index (χ1v) is 4.26. The lowest BCUT2D eigenvalue weighted by atomic mass is 9.93. The molecule has 0 radical (unpaired) electrons. The van der Waals surface area contributed by atoms with Gasteiger partial charge in [-0.25, -0.2) is 0 Å². The molecule has 0 aromatic rings. The summed E-state index contributed by atoms with van der Waals surface area (Å²) in [5.74, 6) is -0.700. The van der Waals surface area contributed by atoms with E-state index in [2.05, 4.69) is 4.18 Å². The van der Waals surface area contributed by atoms with Crippen molar-refractivity contribution in [3.8, 4) is 0 Å². The van der Waals surface area contributed by atoms with Gasteiger partial charge < -0.3 is 4.18 Å². The summed E-state index contributed by atoms with van der Waals surface area (Å²) in [6.45, 7) is 5.48. The van der Waals surface area contributed by atoms with E-state index in [1.165, 1.54) is 0 Å². The van der Waals surface area contributed by atoms with Crippen molar-refractivity contribution in [2.75, 3.05) is 0 Å². The van der Waals surface area contributed by atoms with Gasteiger partial charge in [-0.3, -0.25) is 4.79 Å². The maximum absolute atomic E-state index is 10.7. The quantitative estimate of drug-likeness (QED) is 0.628. The van der Waals surface area contributed by atoms with Crippen molar-refractivity contribution in [3.05, 3.63) is 0 Å². The van der Waals surface area contributed by atoms with E-state index in [-0.39, 0.29) is 11.8 Å². The molecule has 0 heterocycles. The van der Waals surface area contributed by atoms with Crippen molar-refractivity contribution in [2.24, 2.45) is 5.41 Å². The van der Waals surface area contributed by atoms with Crippen LogP contribution in [0.1, 0.15) is 27.2 Å². The fourth-order valence-electron chi connectivity index (χ4n) is 0.548. The van der Waals surface area contributed by atoms with Gasteiger partial charge in [0, 0.05) is 0 Å². The third-order valence-corrected chi connectivity index (χ3v) is 1.20. The third kappa shape index (κ3) is 7.32. The van der Waals surface area contributed by atoms with E-state index in [1.807, 2.05) is 20.8 Å². The molecule has 0 fully saturated rings. The predicted octanol–water partition coefficient (Wildman–Crippen LogP) is 0.492. The molecule has 11 heavy (non-hydrogen) atoms. The van der Waals surface area contributed by atoms with Crippen LogP contribution in [0.4, 0.5) is 0 Å². The van der Waals surface area contributed by atoms with Crippen LogP contribution >= 0.6 is 0 Å². The summed E-state index contributed by atoms with van der Waals surface area (Å²) >= 11 is 0. The fourth-order valence-corrected chi connectivity index (χ4v) is 0.779. The highest BCUT2D eigenvalue weighted by atomic mass is 32.2. The van der Waals surface area contributed by atoms with E-state index >= 15 is 0 Å². The molecule has 0 rings (SSSR count). The molecular weight excluding hydrogens is 168 g/mol. The zero-order valence-corrected chi connectivity index (χ0v) is 7.68. The lowest BCUT2D eigenvalue weighted by Gasteiger charge is -2.14. The summed E-state index contributed by atoms with van der Waals surface area (Å²) in [4.78, 5) is 10.7. The minimum absolute atomic E-state index is 0.107. The van der Waals surface area contributed by atoms with Crippen molar-refractivity contribution in [1.82, 2.24) is 0 Å². The van der Waals surface area contributed by atoms with E-state index in [1.54, 1.807) is 0 Å². The average molecular weight is 180 g/mol. The van der Waals surface area contributed by atoms with Crippen LogP contribution in [-0.2, 0) is 20.0 Å². The summed E-state index contributed by atoms with van der Waals surface area (Å²) in [5.41, 5.74) is -0.234. The van der Waals surface area contributed by atoms with E-state index in [9.17, 15) is 13.2 Å². The molecule has 0 unspecified atom stereocenters. The summed E-state index contributed by atoms with van der Waals surface area (Å²) in [6, 6.07) is 0. The first kappa shape index (κ1) is 10.4. The van der Waals surface area contributed by atoms with E-state index in [0.29, 0.717) is 0 Å². The fraction of sp³-hybridized carbons (Fsp3) is 0.833. The molecule has 0 N–H and O–H groups in total. The molecular formula is C6H12O4S. The van der Waals surface area contributed by atoms with E-state index < -0.39 is 17.0 Å². The molecule has 0 spiro atoms. The second-order valence-corrected chi connectivity index (χ2v) is 4.05. The van der Waals surface area contributed by atoms with Crippen LogP contribution in [-0.4, -0.2) is 14.4 Å². The van der Waals surface area contributed by atoms with Gasteiger partial charge in [0.25, 0.3) is 0 Å². The topological polar surface area (TPSA) is 60.4 Å². The van der Waals surface area contributed by atoms with Gasteiger partial charge in [-0.1, -0.05) is 20.8 Å². The van der Waals surface area contributed by atoms with Crippen molar-refractivity contribution in [1.29, 1.82) is 0 Å². The maximum atomic E-state index is 10.7. The molecule has 0 saturated heterocycles. The molecule has 0 amide bonds. The molecule has 0 atom stereocenters. The van der Waals surface area contributed by atoms with Crippen molar-refractivity contribution in [3.63, 3.8) is 0 Å². The normalized spacial score (nSPS) is 11.6. The first-order chi connectivity index (χ1) is 4.81. The number of hydrogen-bond acceptors (Lipinski definition) is 4. The second-order valence-electron chi connectivity index (χ2n) is 3.42. The molecule has 0 aromatic carbocycles. The Morgan fingerprint density at radius 2 is 1.82 bits per heavy atom. The Morgan fingerprint density at radius 3 is 2.09 bits per heavy atom. The monoisotopic (exact) mass is 180 g/mol. The van der Waals surface area contributed by atoms with E-state index in [0.717, 1.165) is 0 Å². The highest BCUT2D eigenvalue weighted by Crippen LogP contribution is 2.18. The summed E-state index contributed by atoms with van der Waals surface area (Å²) in [6.07, 6.45) is 0.107. The van der Waals surface area contributed by atoms with Gasteiger partial charge in [-0.05, 0) is 5.41 Å². The highest BCUT2D eigenvalue weighted by molar-refractivity contribution is 7.67. The van der Waals surface area contributed by atoms with Gasteiger partial charge in [-0.15, -0.1) is 0 Å². The highest BCUT2D eigenvalue weighted by Gasteiger charge is 2.17. The van der Waals surface area contributed by atoms with Crippen LogP contribution in [0.2, 0.25) is 0 Å². The minimum atomic E-state index is -3.04. The van der Waals surface area contributed by atoms with E-state index in [4.69, 9.17) is 0 Å². The first-order valence-electron chi connectivity index (χ1n) is 3.16. The van der Waals surface area contributed by atoms with Gasteiger partial charge in [-0.2, -0.15) is 8.42 Å². The summed E-state index contributed by atoms with van der Waals surface area (Å²) in [5, 5.41) is 0. The summed E-state index contributed by atoms with van der Waals surface area (Å²) in [7, 11) is -3.04. The number of carbonyl (C=O) groups is 1. The SMILES string of the molecule is CC(C)(C)CC(=O)O[SH](=O)=O. The molecule has 0 aliphatic rings. The van der Waals surface area contributed by atoms with Crippen LogP contribution in [0.25, 0.3) is 0 Å². The van der Waals surface area contributed by atoms with Crippen molar-refractivity contribution in [2.45, 2.75) is 27.2 Å². The number of rotatable bonds is 2. The van der Waals surface area contributed by atoms with Gasteiger partial charge in [0.1, 0.15) is 0 Å². The number of thiol groups is 1. The summed E-state index contributed by atoms with van der Waals surface area (Å²) < 4.78 is 23.7. The van der Waals surface area contributed by atoms with Crippen LogP contribution in [0.15, 0.2) is 0 Å². The Balaban J connectivity index is 3.90. The van der Waals surface area contributed by atoms with Crippen molar-refractivity contribution >= 4 is 17.0 Å². The zero-order valence-electron chi connectivity index (χ0n) is 6.79.